The van der Waals surface area contributed by atoms with E-state index < -0.39 is 0 Å². The highest BCUT2D eigenvalue weighted by atomic mass is 14.5. The van der Waals surface area contributed by atoms with Crippen LogP contribution in [0.2, 0.25) is 0 Å². The first-order chi connectivity index (χ1) is 6.88. The fraction of sp³-hybridized carbons (Fsp3) is 0.538. The first kappa shape index (κ1) is 11.3. The summed E-state index contributed by atoms with van der Waals surface area (Å²) in [4.78, 5) is 0. The Morgan fingerprint density at radius 2 is 1.86 bits per heavy atom. The fourth-order valence-corrected chi connectivity index (χ4v) is 1.79. The van der Waals surface area contributed by atoms with Gasteiger partial charge in [0.1, 0.15) is 0 Å². The van der Waals surface area contributed by atoms with Crippen molar-refractivity contribution in [1.82, 2.24) is 0 Å². The quantitative estimate of drug-likeness (QED) is 0.686. The van der Waals surface area contributed by atoms with Crippen LogP contribution in [0.3, 0.4) is 0 Å². The zero-order valence-electron chi connectivity index (χ0n) is 9.08. The summed E-state index contributed by atoms with van der Waals surface area (Å²) in [5, 5.41) is 0. The van der Waals surface area contributed by atoms with Crippen LogP contribution in [0.15, 0.2) is 30.3 Å². The average molecular weight is 191 g/mol. The summed E-state index contributed by atoms with van der Waals surface area (Å²) in [6.45, 7) is 3.01. The van der Waals surface area contributed by atoms with Crippen molar-refractivity contribution in [2.24, 2.45) is 5.73 Å². The summed E-state index contributed by atoms with van der Waals surface area (Å²) in [5.74, 6) is 0.558. The molecule has 0 bridgehead atoms. The lowest BCUT2D eigenvalue weighted by molar-refractivity contribution is 0.572. The van der Waals surface area contributed by atoms with Gasteiger partial charge >= 0.3 is 0 Å². The maximum atomic E-state index is 5.79. The molecular weight excluding hydrogens is 170 g/mol. The smallest absolute Gasteiger partial charge is 0.000824 e. The lowest BCUT2D eigenvalue weighted by Crippen LogP contribution is -2.12. The largest absolute Gasteiger partial charge is 0.330 e. The second-order valence-electron chi connectivity index (χ2n) is 3.84. The van der Waals surface area contributed by atoms with Gasteiger partial charge in [-0.3, -0.25) is 0 Å². The minimum Gasteiger partial charge on any atom is -0.330 e. The van der Waals surface area contributed by atoms with Gasteiger partial charge in [-0.2, -0.15) is 0 Å². The van der Waals surface area contributed by atoms with Crippen LogP contribution in [0.25, 0.3) is 0 Å². The minimum atomic E-state index is 0.558. The summed E-state index contributed by atoms with van der Waals surface area (Å²) >= 11 is 0. The van der Waals surface area contributed by atoms with Crippen LogP contribution in [0.1, 0.15) is 44.1 Å². The van der Waals surface area contributed by atoms with E-state index in [0.29, 0.717) is 5.92 Å². The summed E-state index contributed by atoms with van der Waals surface area (Å²) in [7, 11) is 0. The molecule has 2 N–H and O–H groups in total. The Morgan fingerprint density at radius 3 is 2.43 bits per heavy atom. The van der Waals surface area contributed by atoms with Gasteiger partial charge < -0.3 is 5.73 Å². The van der Waals surface area contributed by atoms with Gasteiger partial charge in [0, 0.05) is 0 Å². The number of unbranched alkanes of at least 4 members (excludes halogenated alkanes) is 2. The van der Waals surface area contributed by atoms with Gasteiger partial charge in [0.25, 0.3) is 0 Å². The molecule has 1 atom stereocenters. The third-order valence-electron chi connectivity index (χ3n) is 2.71. The topological polar surface area (TPSA) is 26.0 Å². The molecule has 1 heteroatoms. The number of hydrogen-bond donors (Lipinski definition) is 1. The van der Waals surface area contributed by atoms with E-state index in [1.54, 1.807) is 0 Å². The summed E-state index contributed by atoms with van der Waals surface area (Å²) in [6, 6.07) is 10.6. The fourth-order valence-electron chi connectivity index (χ4n) is 1.79. The molecule has 0 aliphatic heterocycles. The summed E-state index contributed by atoms with van der Waals surface area (Å²) < 4.78 is 0. The van der Waals surface area contributed by atoms with Crippen LogP contribution >= 0.6 is 0 Å². The van der Waals surface area contributed by atoms with Crippen LogP contribution in [0.4, 0.5) is 0 Å². The van der Waals surface area contributed by atoms with E-state index in [9.17, 15) is 0 Å². The highest BCUT2D eigenvalue weighted by molar-refractivity contribution is 5.19. The molecule has 1 unspecified atom stereocenters. The predicted molar refractivity (Wildman–Crippen MR) is 62.4 cm³/mol. The summed E-state index contributed by atoms with van der Waals surface area (Å²) in [5.41, 5.74) is 7.18. The number of benzene rings is 1. The van der Waals surface area contributed by atoms with Gasteiger partial charge in [0.2, 0.25) is 0 Å². The van der Waals surface area contributed by atoms with Crippen molar-refractivity contribution in [3.63, 3.8) is 0 Å². The monoisotopic (exact) mass is 191 g/mol. The molecule has 0 fully saturated rings. The van der Waals surface area contributed by atoms with Gasteiger partial charge in [-0.15, -0.1) is 0 Å². The van der Waals surface area contributed by atoms with E-state index in [4.69, 9.17) is 5.73 Å². The molecule has 0 aliphatic rings. The maximum Gasteiger partial charge on any atom is -0.000824 e. The standard InChI is InChI=1S/C13H21N/c1-2-3-5-10-13(11-14)12-8-6-4-7-9-12/h4,6-9,13H,2-3,5,10-11,14H2,1H3. The highest BCUT2D eigenvalue weighted by Crippen LogP contribution is 2.20. The van der Waals surface area contributed by atoms with E-state index in [2.05, 4.69) is 37.3 Å². The molecule has 0 saturated heterocycles. The Bertz CT molecular complexity index is 230. The van der Waals surface area contributed by atoms with Crippen molar-refractivity contribution in [2.45, 2.75) is 38.5 Å². The molecule has 0 aromatic heterocycles. The second-order valence-corrected chi connectivity index (χ2v) is 3.84. The Kier molecular flexibility index (Phi) is 5.31. The lowest BCUT2D eigenvalue weighted by Gasteiger charge is -2.14. The molecule has 0 amide bonds. The average Bonchev–Trinajstić information content (AvgIpc) is 2.26. The van der Waals surface area contributed by atoms with Crippen molar-refractivity contribution in [3.8, 4) is 0 Å². The van der Waals surface area contributed by atoms with Gasteiger partial charge in [-0.1, -0.05) is 56.5 Å². The minimum absolute atomic E-state index is 0.558. The third kappa shape index (κ3) is 3.51. The normalized spacial score (nSPS) is 12.7. The number of hydrogen-bond acceptors (Lipinski definition) is 1. The Labute approximate surface area is 87.3 Å². The lowest BCUT2D eigenvalue weighted by atomic mass is 9.93. The van der Waals surface area contributed by atoms with Crippen molar-refractivity contribution in [1.29, 1.82) is 0 Å². The first-order valence-corrected chi connectivity index (χ1v) is 5.63. The molecule has 1 aromatic carbocycles. The molecule has 0 radical (unpaired) electrons. The van der Waals surface area contributed by atoms with Gasteiger partial charge in [0.05, 0.1) is 0 Å². The third-order valence-corrected chi connectivity index (χ3v) is 2.71. The van der Waals surface area contributed by atoms with Crippen LogP contribution in [-0.2, 0) is 0 Å². The van der Waals surface area contributed by atoms with E-state index in [1.807, 2.05) is 0 Å². The Balaban J connectivity index is 2.46. The van der Waals surface area contributed by atoms with E-state index in [-0.39, 0.29) is 0 Å². The van der Waals surface area contributed by atoms with E-state index in [1.165, 1.54) is 31.2 Å². The SMILES string of the molecule is CCCCCC(CN)c1ccccc1. The molecule has 1 aromatic rings. The zero-order chi connectivity index (χ0) is 10.2. The maximum absolute atomic E-state index is 5.79. The predicted octanol–water partition coefficient (Wildman–Crippen LogP) is 3.31. The molecule has 14 heavy (non-hydrogen) atoms. The molecule has 0 aliphatic carbocycles. The Hall–Kier alpha value is -0.820. The van der Waals surface area contributed by atoms with E-state index >= 15 is 0 Å². The number of nitrogens with two attached hydrogens (primary N) is 1. The zero-order valence-corrected chi connectivity index (χ0v) is 9.08. The van der Waals surface area contributed by atoms with Crippen LogP contribution < -0.4 is 5.73 Å². The van der Waals surface area contributed by atoms with Crippen LogP contribution in [-0.4, -0.2) is 6.54 Å². The summed E-state index contributed by atoms with van der Waals surface area (Å²) in [6.07, 6.45) is 5.14. The molecule has 0 spiro atoms. The molecule has 0 saturated carbocycles. The molecular formula is C13H21N. The van der Waals surface area contributed by atoms with Gasteiger partial charge in [-0.25, -0.2) is 0 Å². The van der Waals surface area contributed by atoms with Gasteiger partial charge in [-0.05, 0) is 24.4 Å². The molecule has 78 valence electrons. The van der Waals surface area contributed by atoms with Crippen molar-refractivity contribution >= 4 is 0 Å². The Morgan fingerprint density at radius 1 is 1.14 bits per heavy atom. The van der Waals surface area contributed by atoms with Crippen molar-refractivity contribution in [3.05, 3.63) is 35.9 Å². The highest BCUT2D eigenvalue weighted by Gasteiger charge is 2.07. The molecule has 0 heterocycles. The molecule has 1 nitrogen and oxygen atoms in total. The number of rotatable bonds is 6. The van der Waals surface area contributed by atoms with Gasteiger partial charge in [0.15, 0.2) is 0 Å². The second kappa shape index (κ2) is 6.61. The first-order valence-electron chi connectivity index (χ1n) is 5.63. The van der Waals surface area contributed by atoms with Crippen molar-refractivity contribution in [2.75, 3.05) is 6.54 Å². The van der Waals surface area contributed by atoms with Crippen LogP contribution in [0, 0.1) is 0 Å². The van der Waals surface area contributed by atoms with E-state index in [0.717, 1.165) is 6.54 Å². The molecule has 1 rings (SSSR count). The van der Waals surface area contributed by atoms with Crippen LogP contribution in [0.5, 0.6) is 0 Å². The van der Waals surface area contributed by atoms with Crippen molar-refractivity contribution < 1.29 is 0 Å².